The summed E-state index contributed by atoms with van der Waals surface area (Å²) in [6.07, 6.45) is 6.97. The molecule has 1 unspecified atom stereocenters. The highest BCUT2D eigenvalue weighted by Crippen LogP contribution is 2.42. The number of aryl methyl sites for hydroxylation is 2. The molecule has 4 nitrogen and oxygen atoms in total. The average molecular weight is 633 g/mol. The zero-order valence-corrected chi connectivity index (χ0v) is 28.2. The van der Waals surface area contributed by atoms with Crippen LogP contribution in [0.3, 0.4) is 0 Å². The van der Waals surface area contributed by atoms with E-state index in [0.29, 0.717) is 22.6 Å². The van der Waals surface area contributed by atoms with E-state index in [2.05, 4.69) is 75.5 Å². The Morgan fingerprint density at radius 1 is 0.646 bits per heavy atom. The first-order valence-electron chi connectivity index (χ1n) is 16.0. The van der Waals surface area contributed by atoms with Crippen LogP contribution in [-0.4, -0.2) is 11.9 Å². The van der Waals surface area contributed by atoms with Crippen molar-refractivity contribution in [3.8, 4) is 22.3 Å². The first-order valence-corrected chi connectivity index (χ1v) is 16.0. The second-order valence-corrected chi connectivity index (χ2v) is 12.0. The van der Waals surface area contributed by atoms with Gasteiger partial charge in [0.05, 0.1) is 11.1 Å². The van der Waals surface area contributed by atoms with E-state index >= 15 is 0 Å². The molecular weight excluding hydrogens is 592 g/mol. The third-order valence-electron chi connectivity index (χ3n) is 8.68. The van der Waals surface area contributed by atoms with Gasteiger partial charge < -0.3 is 9.47 Å². The number of rotatable bonds is 9. The summed E-state index contributed by atoms with van der Waals surface area (Å²) in [6.45, 7) is 18.1. The fraction of sp³-hybridized carbons (Fsp3) is 0.136. The average Bonchev–Trinajstić information content (AvgIpc) is 3.30. The van der Waals surface area contributed by atoms with E-state index < -0.39 is 11.9 Å². The summed E-state index contributed by atoms with van der Waals surface area (Å²) < 4.78 is 11.6. The molecule has 0 saturated heterocycles. The Morgan fingerprint density at radius 2 is 1.04 bits per heavy atom. The van der Waals surface area contributed by atoms with Crippen LogP contribution in [0.4, 0.5) is 0 Å². The van der Waals surface area contributed by atoms with Crippen molar-refractivity contribution in [2.75, 3.05) is 0 Å². The SMILES string of the molecule is C=C/C(=C\C1=C(C)C(=C)/C(=C\C(=C/C)OC(=O)c2ccc(-c3ccc(C)cc3)cc2)C1C)OC(=O)c1ccc(-c2ccc(C)cc2)cc1. The minimum absolute atomic E-state index is 0.0950. The molecule has 0 saturated carbocycles. The van der Waals surface area contributed by atoms with Gasteiger partial charge in [-0.1, -0.05) is 104 Å². The van der Waals surface area contributed by atoms with Gasteiger partial charge in [-0.05, 0) is 121 Å². The molecule has 4 aromatic rings. The molecular formula is C44H40O4. The number of benzene rings is 4. The molecule has 1 aliphatic carbocycles. The Labute approximate surface area is 283 Å². The lowest BCUT2D eigenvalue weighted by atomic mass is 9.96. The molecule has 0 N–H and O–H groups in total. The lowest BCUT2D eigenvalue weighted by Gasteiger charge is -2.13. The zero-order chi connectivity index (χ0) is 34.4. The van der Waals surface area contributed by atoms with Crippen LogP contribution in [0.2, 0.25) is 0 Å². The number of esters is 2. The standard InChI is InChI=1S/C44H40O4/c1-8-39(47-43(45)37-22-18-35(19-23-37)33-14-10-28(3)11-15-33)26-41-30(5)31(6)42(32(41)7)27-40(9-2)48-44(46)38-24-20-36(21-25-38)34-16-12-29(4)13-17-34/h8-27,32H,1,6H2,2-5,7H3/b39-26+,40-9+,42-27+. The minimum atomic E-state index is -0.467. The maximum Gasteiger partial charge on any atom is 0.343 e. The van der Waals surface area contributed by atoms with Crippen molar-refractivity contribution in [3.63, 3.8) is 0 Å². The minimum Gasteiger partial charge on any atom is -0.423 e. The molecule has 4 heteroatoms. The van der Waals surface area contributed by atoms with E-state index in [4.69, 9.17) is 9.47 Å². The van der Waals surface area contributed by atoms with E-state index in [1.165, 1.54) is 17.2 Å². The summed E-state index contributed by atoms with van der Waals surface area (Å²) in [5, 5.41) is 0. The molecule has 0 radical (unpaired) electrons. The van der Waals surface area contributed by atoms with Gasteiger partial charge in [0, 0.05) is 5.92 Å². The summed E-state index contributed by atoms with van der Waals surface area (Å²) in [5.41, 5.74) is 11.1. The van der Waals surface area contributed by atoms with Crippen LogP contribution < -0.4 is 0 Å². The summed E-state index contributed by atoms with van der Waals surface area (Å²) in [5.74, 6) is -0.241. The van der Waals surface area contributed by atoms with Gasteiger partial charge in [-0.3, -0.25) is 0 Å². The molecule has 0 spiro atoms. The molecule has 0 aliphatic heterocycles. The van der Waals surface area contributed by atoms with Crippen molar-refractivity contribution >= 4 is 11.9 Å². The summed E-state index contributed by atoms with van der Waals surface area (Å²) in [6, 6.07) is 31.3. The van der Waals surface area contributed by atoms with Gasteiger partial charge in [0.25, 0.3) is 0 Å². The molecule has 240 valence electrons. The maximum atomic E-state index is 13.1. The van der Waals surface area contributed by atoms with Crippen molar-refractivity contribution < 1.29 is 19.1 Å². The fourth-order valence-electron chi connectivity index (χ4n) is 5.62. The lowest BCUT2D eigenvalue weighted by molar-refractivity contribution is 0.0627. The second kappa shape index (κ2) is 14.8. The molecule has 0 bridgehead atoms. The van der Waals surface area contributed by atoms with Crippen molar-refractivity contribution in [1.29, 1.82) is 0 Å². The summed E-state index contributed by atoms with van der Waals surface area (Å²) in [7, 11) is 0. The van der Waals surface area contributed by atoms with Crippen LogP contribution >= 0.6 is 0 Å². The Bertz CT molecular complexity index is 1980. The first-order chi connectivity index (χ1) is 23.1. The molecule has 0 aromatic heterocycles. The number of carbonyl (C=O) groups is 2. The predicted molar refractivity (Wildman–Crippen MR) is 195 cm³/mol. The van der Waals surface area contributed by atoms with E-state index in [1.807, 2.05) is 57.2 Å². The van der Waals surface area contributed by atoms with Gasteiger partial charge in [-0.2, -0.15) is 0 Å². The number of ether oxygens (including phenoxy) is 2. The number of allylic oxidation sites excluding steroid dienone is 8. The number of hydrogen-bond donors (Lipinski definition) is 0. The van der Waals surface area contributed by atoms with Gasteiger partial charge in [0.15, 0.2) is 0 Å². The highest BCUT2D eigenvalue weighted by Gasteiger charge is 2.28. The predicted octanol–water partition coefficient (Wildman–Crippen LogP) is 11.1. The Morgan fingerprint density at radius 3 is 1.44 bits per heavy atom. The van der Waals surface area contributed by atoms with Crippen molar-refractivity contribution in [1.82, 2.24) is 0 Å². The summed E-state index contributed by atoms with van der Waals surface area (Å²) in [4.78, 5) is 26.2. The molecule has 48 heavy (non-hydrogen) atoms. The molecule has 5 rings (SSSR count). The van der Waals surface area contributed by atoms with Crippen LogP contribution in [0, 0.1) is 19.8 Å². The van der Waals surface area contributed by atoms with Crippen LogP contribution in [0.15, 0.2) is 168 Å². The zero-order valence-electron chi connectivity index (χ0n) is 28.2. The van der Waals surface area contributed by atoms with E-state index in [9.17, 15) is 9.59 Å². The van der Waals surface area contributed by atoms with E-state index in [-0.39, 0.29) is 5.92 Å². The van der Waals surface area contributed by atoms with Gasteiger partial charge >= 0.3 is 11.9 Å². The molecule has 0 fully saturated rings. The summed E-state index contributed by atoms with van der Waals surface area (Å²) >= 11 is 0. The topological polar surface area (TPSA) is 52.6 Å². The quantitative estimate of drug-likeness (QED) is 0.105. The number of carbonyl (C=O) groups excluding carboxylic acids is 2. The van der Waals surface area contributed by atoms with Crippen LogP contribution in [0.1, 0.15) is 52.6 Å². The Hall–Kier alpha value is -5.74. The fourth-order valence-corrected chi connectivity index (χ4v) is 5.62. The van der Waals surface area contributed by atoms with Crippen molar-refractivity contribution in [2.45, 2.75) is 34.6 Å². The van der Waals surface area contributed by atoms with E-state index in [1.54, 1.807) is 30.3 Å². The normalized spacial score (nSPS) is 15.9. The Kier molecular flexibility index (Phi) is 10.4. The van der Waals surface area contributed by atoms with Crippen LogP contribution in [0.5, 0.6) is 0 Å². The van der Waals surface area contributed by atoms with Crippen LogP contribution in [0.25, 0.3) is 22.3 Å². The van der Waals surface area contributed by atoms with E-state index in [0.717, 1.165) is 44.5 Å². The van der Waals surface area contributed by atoms with Gasteiger partial charge in [0.1, 0.15) is 11.5 Å². The monoisotopic (exact) mass is 632 g/mol. The molecule has 1 atom stereocenters. The highest BCUT2D eigenvalue weighted by atomic mass is 16.5. The number of hydrogen-bond acceptors (Lipinski definition) is 4. The lowest BCUT2D eigenvalue weighted by Crippen LogP contribution is -2.06. The van der Waals surface area contributed by atoms with Crippen molar-refractivity contribution in [3.05, 3.63) is 191 Å². The Balaban J connectivity index is 1.26. The highest BCUT2D eigenvalue weighted by molar-refractivity contribution is 5.91. The first kappa shape index (κ1) is 33.6. The third kappa shape index (κ3) is 7.62. The maximum absolute atomic E-state index is 13.1. The van der Waals surface area contributed by atoms with Crippen LogP contribution in [-0.2, 0) is 9.47 Å². The van der Waals surface area contributed by atoms with Crippen molar-refractivity contribution in [2.24, 2.45) is 5.92 Å². The molecule has 0 amide bonds. The smallest absolute Gasteiger partial charge is 0.343 e. The van der Waals surface area contributed by atoms with Gasteiger partial charge in [-0.25, -0.2) is 9.59 Å². The largest absolute Gasteiger partial charge is 0.423 e. The molecule has 0 heterocycles. The molecule has 4 aromatic carbocycles. The second-order valence-electron chi connectivity index (χ2n) is 12.0. The molecule has 1 aliphatic rings. The third-order valence-corrected chi connectivity index (χ3v) is 8.68. The van der Waals surface area contributed by atoms with Gasteiger partial charge in [0.2, 0.25) is 0 Å². The van der Waals surface area contributed by atoms with Gasteiger partial charge in [-0.15, -0.1) is 0 Å².